The maximum atomic E-state index is 12.4. The van der Waals surface area contributed by atoms with Gasteiger partial charge in [0.05, 0.1) is 23.4 Å². The Morgan fingerprint density at radius 2 is 2.06 bits per heavy atom. The van der Waals surface area contributed by atoms with Crippen LogP contribution in [0.3, 0.4) is 0 Å². The lowest BCUT2D eigenvalue weighted by Crippen LogP contribution is -2.07. The second-order valence-corrected chi connectivity index (χ2v) is 9.74. The number of aliphatic imine (C=N–C) groups is 1. The molecule has 3 aromatic rings. The molecule has 4 rings (SSSR count). The van der Waals surface area contributed by atoms with Crippen LogP contribution < -0.4 is 0 Å². The Balaban J connectivity index is 1.86. The van der Waals surface area contributed by atoms with Crippen molar-refractivity contribution < 1.29 is 9.53 Å². The summed E-state index contributed by atoms with van der Waals surface area (Å²) in [6, 6.07) is 11.8. The van der Waals surface area contributed by atoms with Crippen molar-refractivity contribution in [2.45, 2.75) is 50.3 Å². The van der Waals surface area contributed by atoms with Crippen LogP contribution >= 0.6 is 23.4 Å². The van der Waals surface area contributed by atoms with Gasteiger partial charge in [-0.25, -0.2) is 4.79 Å². The highest BCUT2D eigenvalue weighted by Gasteiger charge is 2.21. The molecule has 4 nitrogen and oxygen atoms in total. The van der Waals surface area contributed by atoms with Crippen molar-refractivity contribution in [2.75, 3.05) is 13.2 Å². The molecule has 2 heterocycles. The molecule has 2 aromatic carbocycles. The standard InChI is InChI=1S/C27H29ClN2O2S/c1-5-19-12-13-29-16-21(14-19)30-18(4)26(23-11-10-20(28)15-24(23)30)33-25-9-7-8-22(17(25)3)27(31)32-6-2/h7-11,14-16,19H,5-6,12-13H2,1-4H3. The molecule has 0 bridgehead atoms. The summed E-state index contributed by atoms with van der Waals surface area (Å²) in [5.41, 5.74) is 4.82. The van der Waals surface area contributed by atoms with Crippen LogP contribution in [0.15, 0.2) is 57.3 Å². The normalized spacial score (nSPS) is 16.0. The Bertz CT molecular complexity index is 1260. The fourth-order valence-electron chi connectivity index (χ4n) is 4.31. The minimum absolute atomic E-state index is 0.284. The number of hydrogen-bond donors (Lipinski definition) is 0. The molecular weight excluding hydrogens is 452 g/mol. The summed E-state index contributed by atoms with van der Waals surface area (Å²) in [6.07, 6.45) is 6.49. The summed E-state index contributed by atoms with van der Waals surface area (Å²) >= 11 is 8.10. The van der Waals surface area contributed by atoms with Crippen molar-refractivity contribution in [3.8, 4) is 0 Å². The number of carbonyl (C=O) groups is 1. The number of aromatic nitrogens is 1. The van der Waals surface area contributed by atoms with E-state index in [1.54, 1.807) is 11.8 Å². The lowest BCUT2D eigenvalue weighted by molar-refractivity contribution is 0.0525. The van der Waals surface area contributed by atoms with E-state index in [2.05, 4.69) is 41.6 Å². The summed E-state index contributed by atoms with van der Waals surface area (Å²) in [7, 11) is 0. The Morgan fingerprint density at radius 3 is 2.82 bits per heavy atom. The van der Waals surface area contributed by atoms with Gasteiger partial charge >= 0.3 is 5.97 Å². The fraction of sp³-hybridized carbons (Fsp3) is 0.333. The molecule has 1 aromatic heterocycles. The molecular formula is C27H29ClN2O2S. The highest BCUT2D eigenvalue weighted by molar-refractivity contribution is 7.99. The first-order valence-corrected chi connectivity index (χ1v) is 12.6. The van der Waals surface area contributed by atoms with Crippen molar-refractivity contribution in [1.82, 2.24) is 4.57 Å². The van der Waals surface area contributed by atoms with Crippen LogP contribution in [0.2, 0.25) is 5.02 Å². The number of carbonyl (C=O) groups excluding carboxylic acids is 1. The van der Waals surface area contributed by atoms with E-state index in [1.807, 2.05) is 44.3 Å². The van der Waals surface area contributed by atoms with E-state index in [4.69, 9.17) is 16.3 Å². The summed E-state index contributed by atoms with van der Waals surface area (Å²) in [6.45, 7) is 9.37. The van der Waals surface area contributed by atoms with Gasteiger partial charge in [0, 0.05) is 38.7 Å². The zero-order valence-electron chi connectivity index (χ0n) is 19.5. The minimum Gasteiger partial charge on any atom is -0.462 e. The summed E-state index contributed by atoms with van der Waals surface area (Å²) in [5.74, 6) is 0.215. The molecule has 1 aliphatic heterocycles. The number of ether oxygens (including phenoxy) is 1. The second kappa shape index (κ2) is 10.2. The van der Waals surface area contributed by atoms with Gasteiger partial charge in [-0.15, -0.1) is 0 Å². The average molecular weight is 481 g/mol. The van der Waals surface area contributed by atoms with Crippen LogP contribution in [-0.4, -0.2) is 29.9 Å². The van der Waals surface area contributed by atoms with Crippen molar-refractivity contribution in [2.24, 2.45) is 10.9 Å². The van der Waals surface area contributed by atoms with Crippen LogP contribution in [0.5, 0.6) is 0 Å². The Morgan fingerprint density at radius 1 is 1.24 bits per heavy atom. The van der Waals surface area contributed by atoms with Gasteiger partial charge in [0.2, 0.25) is 0 Å². The van der Waals surface area contributed by atoms with E-state index >= 15 is 0 Å². The van der Waals surface area contributed by atoms with E-state index in [0.29, 0.717) is 23.1 Å². The monoisotopic (exact) mass is 480 g/mol. The SMILES string of the molecule is CCOC(=O)c1cccc(Sc2c(C)n(C3=CC(CC)CCN=C3)c3cc(Cl)ccc23)c1C. The third kappa shape index (κ3) is 4.75. The molecule has 0 saturated carbocycles. The van der Waals surface area contributed by atoms with Crippen molar-refractivity contribution in [3.63, 3.8) is 0 Å². The van der Waals surface area contributed by atoms with E-state index in [9.17, 15) is 4.79 Å². The van der Waals surface area contributed by atoms with Crippen LogP contribution in [0.4, 0.5) is 0 Å². The summed E-state index contributed by atoms with van der Waals surface area (Å²) in [4.78, 5) is 19.2. The number of allylic oxidation sites excluding steroid dienone is 2. The second-order valence-electron chi connectivity index (χ2n) is 8.25. The maximum absolute atomic E-state index is 12.4. The van der Waals surface area contributed by atoms with Crippen molar-refractivity contribution in [1.29, 1.82) is 0 Å². The highest BCUT2D eigenvalue weighted by Crippen LogP contribution is 2.42. The van der Waals surface area contributed by atoms with Crippen molar-refractivity contribution in [3.05, 3.63) is 64.3 Å². The van der Waals surface area contributed by atoms with Gasteiger partial charge in [-0.3, -0.25) is 4.99 Å². The lowest BCUT2D eigenvalue weighted by atomic mass is 10.0. The highest BCUT2D eigenvalue weighted by atomic mass is 35.5. The smallest absolute Gasteiger partial charge is 0.338 e. The maximum Gasteiger partial charge on any atom is 0.338 e. The molecule has 0 aliphatic carbocycles. The van der Waals surface area contributed by atoms with Crippen LogP contribution in [-0.2, 0) is 4.74 Å². The van der Waals surface area contributed by atoms with Crippen molar-refractivity contribution >= 4 is 52.1 Å². The molecule has 1 unspecified atom stereocenters. The quantitative estimate of drug-likeness (QED) is 0.341. The molecule has 0 amide bonds. The molecule has 6 heteroatoms. The van der Waals surface area contributed by atoms with Gasteiger partial charge in [-0.05, 0) is 69.4 Å². The third-order valence-electron chi connectivity index (χ3n) is 6.14. The fourth-order valence-corrected chi connectivity index (χ4v) is 5.62. The number of benzene rings is 2. The Kier molecular flexibility index (Phi) is 7.30. The van der Waals surface area contributed by atoms with Crippen LogP contribution in [0, 0.1) is 19.8 Å². The van der Waals surface area contributed by atoms with Gasteiger partial charge in [0.25, 0.3) is 0 Å². The van der Waals surface area contributed by atoms with E-state index < -0.39 is 0 Å². The van der Waals surface area contributed by atoms with Gasteiger partial charge < -0.3 is 9.30 Å². The van der Waals surface area contributed by atoms with E-state index in [-0.39, 0.29) is 5.97 Å². The predicted octanol–water partition coefficient (Wildman–Crippen LogP) is 7.58. The summed E-state index contributed by atoms with van der Waals surface area (Å²) in [5, 5.41) is 1.84. The predicted molar refractivity (Wildman–Crippen MR) is 139 cm³/mol. The summed E-state index contributed by atoms with van der Waals surface area (Å²) < 4.78 is 7.52. The Hall–Kier alpha value is -2.50. The zero-order chi connectivity index (χ0) is 23.5. The third-order valence-corrected chi connectivity index (χ3v) is 7.76. The number of nitrogens with zero attached hydrogens (tertiary/aromatic N) is 2. The van der Waals surface area contributed by atoms with Gasteiger partial charge in [0.15, 0.2) is 0 Å². The van der Waals surface area contributed by atoms with Gasteiger partial charge in [0.1, 0.15) is 0 Å². The number of hydrogen-bond acceptors (Lipinski definition) is 4. The first-order chi connectivity index (χ1) is 15.9. The minimum atomic E-state index is -0.284. The zero-order valence-corrected chi connectivity index (χ0v) is 21.1. The first kappa shape index (κ1) is 23.7. The molecule has 0 saturated heterocycles. The number of halogens is 1. The van der Waals surface area contributed by atoms with E-state index in [1.165, 1.54) is 0 Å². The lowest BCUT2D eigenvalue weighted by Gasteiger charge is -2.13. The van der Waals surface area contributed by atoms with Gasteiger partial charge in [-0.2, -0.15) is 0 Å². The van der Waals surface area contributed by atoms with Crippen LogP contribution in [0.25, 0.3) is 16.6 Å². The van der Waals surface area contributed by atoms with Gasteiger partial charge in [-0.1, -0.05) is 48.5 Å². The molecule has 1 atom stereocenters. The largest absolute Gasteiger partial charge is 0.462 e. The topological polar surface area (TPSA) is 43.6 Å². The molecule has 172 valence electrons. The number of rotatable bonds is 6. The molecule has 0 fully saturated rings. The van der Waals surface area contributed by atoms with E-state index in [0.717, 1.165) is 57.0 Å². The molecule has 1 aliphatic rings. The van der Waals surface area contributed by atoms with Crippen LogP contribution in [0.1, 0.15) is 48.3 Å². The first-order valence-electron chi connectivity index (χ1n) is 11.4. The number of fused-ring (bicyclic) bond motifs is 1. The number of esters is 1. The average Bonchev–Trinajstić information content (AvgIpc) is 2.94. The molecule has 0 spiro atoms. The Labute approximate surface area is 204 Å². The molecule has 33 heavy (non-hydrogen) atoms. The molecule has 0 N–H and O–H groups in total. The molecule has 0 radical (unpaired) electrons.